The number of fused-ring (bicyclic) bond motifs is 1. The first-order valence-electron chi connectivity index (χ1n) is 10.2. The van der Waals surface area contributed by atoms with Crippen LogP contribution in [0.3, 0.4) is 0 Å². The third kappa shape index (κ3) is 3.36. The van der Waals surface area contributed by atoms with Crippen molar-refractivity contribution in [1.29, 1.82) is 0 Å². The first kappa shape index (κ1) is 19.5. The van der Waals surface area contributed by atoms with Crippen molar-refractivity contribution >= 4 is 29.1 Å². The molecule has 1 aliphatic rings. The summed E-state index contributed by atoms with van der Waals surface area (Å²) in [5.74, 6) is -1.02. The molecule has 0 saturated carbocycles. The molecule has 0 bridgehead atoms. The summed E-state index contributed by atoms with van der Waals surface area (Å²) in [6.45, 7) is 0. The summed E-state index contributed by atoms with van der Waals surface area (Å²) in [5.41, 5.74) is 3.95. The van der Waals surface area contributed by atoms with Gasteiger partial charge in [-0.2, -0.15) is 0 Å². The van der Waals surface area contributed by atoms with E-state index in [1.54, 1.807) is 54.6 Å². The van der Waals surface area contributed by atoms with Gasteiger partial charge in [0.15, 0.2) is 0 Å². The molecule has 0 saturated heterocycles. The Morgan fingerprint density at radius 1 is 0.625 bits per heavy atom. The molecule has 0 atom stereocenters. The van der Waals surface area contributed by atoms with Crippen molar-refractivity contribution in [3.8, 4) is 11.1 Å². The summed E-state index contributed by atoms with van der Waals surface area (Å²) < 4.78 is 0. The first-order valence-corrected chi connectivity index (χ1v) is 10.2. The lowest BCUT2D eigenvalue weighted by Gasteiger charge is -2.16. The molecule has 0 aromatic heterocycles. The number of carbonyl (C=O) groups excluding carboxylic acids is 3. The molecule has 5 rings (SSSR count). The highest BCUT2D eigenvalue weighted by Gasteiger charge is 2.36. The molecule has 32 heavy (non-hydrogen) atoms. The summed E-state index contributed by atoms with van der Waals surface area (Å²) in [5, 5.41) is 2.89. The predicted octanol–water partition coefficient (Wildman–Crippen LogP) is 5.41. The molecular formula is C27H18N2O3. The molecule has 0 aliphatic carbocycles. The summed E-state index contributed by atoms with van der Waals surface area (Å²) in [7, 11) is 0. The van der Waals surface area contributed by atoms with E-state index in [0.29, 0.717) is 28.1 Å². The second-order valence-corrected chi connectivity index (χ2v) is 7.41. The van der Waals surface area contributed by atoms with E-state index in [-0.39, 0.29) is 17.7 Å². The van der Waals surface area contributed by atoms with Crippen LogP contribution < -0.4 is 10.2 Å². The Morgan fingerprint density at radius 3 is 1.91 bits per heavy atom. The van der Waals surface area contributed by atoms with Crippen LogP contribution in [0.25, 0.3) is 11.1 Å². The Hall–Kier alpha value is -4.51. The van der Waals surface area contributed by atoms with E-state index >= 15 is 0 Å². The van der Waals surface area contributed by atoms with E-state index in [1.807, 2.05) is 48.5 Å². The number of hydrogen-bond donors (Lipinski definition) is 1. The second kappa shape index (κ2) is 7.96. The third-order valence-corrected chi connectivity index (χ3v) is 5.41. The SMILES string of the molecule is O=C(Nc1cccc(N2C(=O)c3ccccc3C2=O)c1)c1ccccc1-c1ccccc1. The summed E-state index contributed by atoms with van der Waals surface area (Å²) >= 11 is 0. The van der Waals surface area contributed by atoms with E-state index in [0.717, 1.165) is 16.0 Å². The van der Waals surface area contributed by atoms with Gasteiger partial charge in [-0.25, -0.2) is 4.90 Å². The van der Waals surface area contributed by atoms with Gasteiger partial charge >= 0.3 is 0 Å². The number of nitrogens with one attached hydrogen (secondary N) is 1. The Labute approximate surface area is 184 Å². The lowest BCUT2D eigenvalue weighted by atomic mass is 9.99. The van der Waals surface area contributed by atoms with Gasteiger partial charge in [-0.15, -0.1) is 0 Å². The monoisotopic (exact) mass is 418 g/mol. The van der Waals surface area contributed by atoms with Crippen LogP contribution >= 0.6 is 0 Å². The number of amides is 3. The molecule has 154 valence electrons. The molecule has 0 spiro atoms. The molecule has 4 aromatic rings. The van der Waals surface area contributed by atoms with Crippen molar-refractivity contribution in [2.24, 2.45) is 0 Å². The predicted molar refractivity (Wildman–Crippen MR) is 124 cm³/mol. The molecule has 5 heteroatoms. The van der Waals surface area contributed by atoms with Crippen molar-refractivity contribution in [1.82, 2.24) is 0 Å². The highest BCUT2D eigenvalue weighted by molar-refractivity contribution is 6.34. The Morgan fingerprint density at radius 2 is 1.22 bits per heavy atom. The zero-order valence-corrected chi connectivity index (χ0v) is 17.0. The van der Waals surface area contributed by atoms with Crippen molar-refractivity contribution in [2.45, 2.75) is 0 Å². The Balaban J connectivity index is 1.43. The van der Waals surface area contributed by atoms with E-state index in [2.05, 4.69) is 5.32 Å². The summed E-state index contributed by atoms with van der Waals surface area (Å²) in [4.78, 5) is 39.8. The highest BCUT2D eigenvalue weighted by atomic mass is 16.2. The normalized spacial score (nSPS) is 12.6. The fourth-order valence-electron chi connectivity index (χ4n) is 3.90. The molecule has 0 fully saturated rings. The minimum Gasteiger partial charge on any atom is -0.322 e. The van der Waals surface area contributed by atoms with Crippen LogP contribution in [0.2, 0.25) is 0 Å². The lowest BCUT2D eigenvalue weighted by Crippen LogP contribution is -2.29. The maximum atomic E-state index is 13.1. The van der Waals surface area contributed by atoms with E-state index in [9.17, 15) is 14.4 Å². The minimum absolute atomic E-state index is 0.274. The van der Waals surface area contributed by atoms with Crippen LogP contribution in [0.5, 0.6) is 0 Å². The molecular weight excluding hydrogens is 400 g/mol. The van der Waals surface area contributed by atoms with Crippen LogP contribution in [-0.4, -0.2) is 17.7 Å². The van der Waals surface area contributed by atoms with Gasteiger partial charge < -0.3 is 5.32 Å². The Kier molecular flexibility index (Phi) is 4.84. The largest absolute Gasteiger partial charge is 0.322 e. The van der Waals surface area contributed by atoms with Crippen LogP contribution in [0.1, 0.15) is 31.1 Å². The molecule has 1 aliphatic heterocycles. The van der Waals surface area contributed by atoms with Crippen molar-refractivity contribution in [2.75, 3.05) is 10.2 Å². The first-order chi connectivity index (χ1) is 15.6. The van der Waals surface area contributed by atoms with Gasteiger partial charge in [0.05, 0.1) is 16.8 Å². The minimum atomic E-state index is -0.372. The maximum absolute atomic E-state index is 13.1. The zero-order valence-electron chi connectivity index (χ0n) is 17.0. The number of hydrogen-bond acceptors (Lipinski definition) is 3. The van der Waals surface area contributed by atoms with E-state index in [1.165, 1.54) is 0 Å². The van der Waals surface area contributed by atoms with Gasteiger partial charge in [0.1, 0.15) is 0 Å². The van der Waals surface area contributed by atoms with Crippen LogP contribution in [0.15, 0.2) is 103 Å². The smallest absolute Gasteiger partial charge is 0.266 e. The molecule has 1 N–H and O–H groups in total. The fourth-order valence-corrected chi connectivity index (χ4v) is 3.90. The Bertz CT molecular complexity index is 1330. The van der Waals surface area contributed by atoms with Gasteiger partial charge in [-0.3, -0.25) is 14.4 Å². The number of rotatable bonds is 4. The highest BCUT2D eigenvalue weighted by Crippen LogP contribution is 2.30. The molecule has 4 aromatic carbocycles. The molecule has 5 nitrogen and oxygen atoms in total. The average Bonchev–Trinajstić information content (AvgIpc) is 3.10. The fraction of sp³-hybridized carbons (Fsp3) is 0. The number of benzene rings is 4. The quantitative estimate of drug-likeness (QED) is 0.451. The second-order valence-electron chi connectivity index (χ2n) is 7.41. The van der Waals surface area contributed by atoms with Crippen LogP contribution in [0, 0.1) is 0 Å². The number of imide groups is 1. The summed E-state index contributed by atoms with van der Waals surface area (Å²) in [6, 6.07) is 30.5. The number of nitrogens with zero attached hydrogens (tertiary/aromatic N) is 1. The van der Waals surface area contributed by atoms with Crippen molar-refractivity contribution in [3.05, 3.63) is 120 Å². The topological polar surface area (TPSA) is 66.5 Å². The van der Waals surface area contributed by atoms with Gasteiger partial charge in [-0.05, 0) is 47.5 Å². The number of anilines is 2. The van der Waals surface area contributed by atoms with Crippen LogP contribution in [-0.2, 0) is 0 Å². The van der Waals surface area contributed by atoms with E-state index in [4.69, 9.17) is 0 Å². The van der Waals surface area contributed by atoms with Crippen LogP contribution in [0.4, 0.5) is 11.4 Å². The standard InChI is InChI=1S/C27H18N2O3/c30-25(22-14-5-4-13-21(22)18-9-2-1-3-10-18)28-19-11-8-12-20(17-19)29-26(31)23-15-6-7-16-24(23)27(29)32/h1-17H,(H,28,30). The van der Waals surface area contributed by atoms with Gasteiger partial charge in [0, 0.05) is 11.3 Å². The van der Waals surface area contributed by atoms with Gasteiger partial charge in [0.25, 0.3) is 17.7 Å². The van der Waals surface area contributed by atoms with Crippen molar-refractivity contribution in [3.63, 3.8) is 0 Å². The average molecular weight is 418 g/mol. The third-order valence-electron chi connectivity index (χ3n) is 5.41. The lowest BCUT2D eigenvalue weighted by molar-refractivity contribution is 0.0925. The van der Waals surface area contributed by atoms with E-state index < -0.39 is 0 Å². The maximum Gasteiger partial charge on any atom is 0.266 e. The van der Waals surface area contributed by atoms with Crippen molar-refractivity contribution < 1.29 is 14.4 Å². The molecule has 0 unspecified atom stereocenters. The number of carbonyl (C=O) groups is 3. The molecule has 0 radical (unpaired) electrons. The summed E-state index contributed by atoms with van der Waals surface area (Å²) in [6.07, 6.45) is 0. The van der Waals surface area contributed by atoms with Gasteiger partial charge in [-0.1, -0.05) is 66.7 Å². The molecule has 1 heterocycles. The molecule has 3 amide bonds. The zero-order chi connectivity index (χ0) is 22.1. The van der Waals surface area contributed by atoms with Gasteiger partial charge in [0.2, 0.25) is 0 Å².